The summed E-state index contributed by atoms with van der Waals surface area (Å²) < 4.78 is 5.05. The van der Waals surface area contributed by atoms with E-state index in [1.54, 1.807) is 31.4 Å². The van der Waals surface area contributed by atoms with Crippen LogP contribution in [0.4, 0.5) is 0 Å². The molecule has 3 N–H and O–H groups in total. The maximum Gasteiger partial charge on any atom is 0.269 e. The maximum atomic E-state index is 12.8. The van der Waals surface area contributed by atoms with Gasteiger partial charge >= 0.3 is 0 Å². The van der Waals surface area contributed by atoms with Gasteiger partial charge in [-0.1, -0.05) is 0 Å². The fourth-order valence-electron chi connectivity index (χ4n) is 5.72. The van der Waals surface area contributed by atoms with Crippen molar-refractivity contribution in [3.8, 4) is 5.75 Å². The van der Waals surface area contributed by atoms with Crippen LogP contribution in [0.1, 0.15) is 48.9 Å². The van der Waals surface area contributed by atoms with Crippen LogP contribution in [-0.4, -0.2) is 31.4 Å². The van der Waals surface area contributed by atoms with Gasteiger partial charge in [0.1, 0.15) is 5.75 Å². The highest BCUT2D eigenvalue weighted by Crippen LogP contribution is 2.60. The lowest BCUT2D eigenvalue weighted by Crippen LogP contribution is -2.55. The van der Waals surface area contributed by atoms with Crippen molar-refractivity contribution in [1.29, 1.82) is 0 Å². The van der Waals surface area contributed by atoms with Crippen LogP contribution in [0.15, 0.2) is 24.3 Å². The van der Waals surface area contributed by atoms with Crippen LogP contribution in [0.5, 0.6) is 5.75 Å². The molecule has 7 nitrogen and oxygen atoms in total. The van der Waals surface area contributed by atoms with E-state index >= 15 is 0 Å². The molecule has 5 rings (SSSR count). The number of benzene rings is 1. The van der Waals surface area contributed by atoms with E-state index in [4.69, 9.17) is 4.74 Å². The van der Waals surface area contributed by atoms with Crippen LogP contribution in [0.2, 0.25) is 0 Å². The minimum absolute atomic E-state index is 0.00299. The first-order chi connectivity index (χ1) is 13.5. The highest BCUT2D eigenvalue weighted by Gasteiger charge is 2.54. The van der Waals surface area contributed by atoms with Crippen molar-refractivity contribution in [1.82, 2.24) is 16.2 Å². The number of hydrogen-bond donors (Lipinski definition) is 3. The third-order valence-corrected chi connectivity index (χ3v) is 6.60. The molecular weight excluding hydrogens is 358 g/mol. The molecule has 3 amide bonds. The van der Waals surface area contributed by atoms with Crippen molar-refractivity contribution in [3.05, 3.63) is 29.8 Å². The minimum Gasteiger partial charge on any atom is -0.497 e. The van der Waals surface area contributed by atoms with E-state index in [2.05, 4.69) is 16.2 Å². The number of carbonyl (C=O) groups excluding carboxylic acids is 3. The zero-order chi connectivity index (χ0) is 19.7. The molecule has 1 aromatic rings. The number of ether oxygens (including phenoxy) is 1. The molecule has 0 radical (unpaired) electrons. The Morgan fingerprint density at radius 1 is 0.964 bits per heavy atom. The Morgan fingerprint density at radius 2 is 1.54 bits per heavy atom. The highest BCUT2D eigenvalue weighted by molar-refractivity contribution is 5.96. The van der Waals surface area contributed by atoms with Crippen LogP contribution < -0.4 is 20.9 Å². The zero-order valence-corrected chi connectivity index (χ0v) is 16.1. The first kappa shape index (κ1) is 18.8. The molecule has 4 fully saturated rings. The number of amides is 3. The number of nitrogens with one attached hydrogen (secondary N) is 3. The molecule has 0 heterocycles. The fourth-order valence-corrected chi connectivity index (χ4v) is 5.72. The lowest BCUT2D eigenvalue weighted by molar-refractivity contribution is -0.147. The average molecular weight is 385 g/mol. The summed E-state index contributed by atoms with van der Waals surface area (Å²) in [5, 5.41) is 2.80. The molecule has 4 aliphatic carbocycles. The third-order valence-electron chi connectivity index (χ3n) is 6.60. The molecule has 4 aliphatic rings. The van der Waals surface area contributed by atoms with Gasteiger partial charge in [-0.15, -0.1) is 0 Å². The predicted octanol–water partition coefficient (Wildman–Crippen LogP) is 1.79. The molecule has 4 bridgehead atoms. The number of hydrazine groups is 1. The second-order valence-electron chi connectivity index (χ2n) is 8.61. The third kappa shape index (κ3) is 3.70. The molecule has 0 atom stereocenters. The molecule has 1 aromatic carbocycles. The largest absolute Gasteiger partial charge is 0.497 e. The first-order valence-corrected chi connectivity index (χ1v) is 9.99. The van der Waals surface area contributed by atoms with Gasteiger partial charge < -0.3 is 10.1 Å². The quantitative estimate of drug-likeness (QED) is 0.673. The molecule has 0 spiro atoms. The summed E-state index contributed by atoms with van der Waals surface area (Å²) in [4.78, 5) is 36.9. The van der Waals surface area contributed by atoms with Crippen molar-refractivity contribution in [3.63, 3.8) is 0 Å². The van der Waals surface area contributed by atoms with Crippen molar-refractivity contribution < 1.29 is 19.1 Å². The van der Waals surface area contributed by atoms with Gasteiger partial charge in [-0.3, -0.25) is 25.2 Å². The Morgan fingerprint density at radius 3 is 2.07 bits per heavy atom. The SMILES string of the molecule is COc1ccc(C(=O)NNC(=O)CNC(=O)C23CC4CC(CC(C4)C2)C3)cc1. The van der Waals surface area contributed by atoms with Crippen molar-refractivity contribution in [2.45, 2.75) is 38.5 Å². The van der Waals surface area contributed by atoms with Gasteiger partial charge in [-0.25, -0.2) is 0 Å². The van der Waals surface area contributed by atoms with E-state index in [1.165, 1.54) is 19.3 Å². The molecule has 28 heavy (non-hydrogen) atoms. The van der Waals surface area contributed by atoms with Gasteiger partial charge in [0.05, 0.1) is 13.7 Å². The van der Waals surface area contributed by atoms with Gasteiger partial charge in [-0.05, 0) is 80.5 Å². The van der Waals surface area contributed by atoms with E-state index in [1.807, 2.05) is 0 Å². The van der Waals surface area contributed by atoms with E-state index < -0.39 is 11.8 Å². The molecule has 7 heteroatoms. The van der Waals surface area contributed by atoms with Crippen LogP contribution in [0.3, 0.4) is 0 Å². The molecule has 0 aliphatic heterocycles. The highest BCUT2D eigenvalue weighted by atomic mass is 16.5. The number of carbonyl (C=O) groups is 3. The van der Waals surface area contributed by atoms with E-state index in [0.717, 1.165) is 19.3 Å². The number of rotatable bonds is 5. The van der Waals surface area contributed by atoms with E-state index in [0.29, 0.717) is 29.1 Å². The summed E-state index contributed by atoms with van der Waals surface area (Å²) in [7, 11) is 1.55. The Kier molecular flexibility index (Phi) is 5.00. The number of hydrogen-bond acceptors (Lipinski definition) is 4. The normalized spacial score (nSPS) is 29.8. The van der Waals surface area contributed by atoms with Crippen LogP contribution in [0.25, 0.3) is 0 Å². The van der Waals surface area contributed by atoms with E-state index in [9.17, 15) is 14.4 Å². The minimum atomic E-state index is -0.445. The second kappa shape index (κ2) is 7.45. The lowest BCUT2D eigenvalue weighted by Gasteiger charge is -2.55. The monoisotopic (exact) mass is 385 g/mol. The van der Waals surface area contributed by atoms with Crippen LogP contribution in [-0.2, 0) is 9.59 Å². The fraction of sp³-hybridized carbons (Fsp3) is 0.571. The summed E-state index contributed by atoms with van der Waals surface area (Å²) in [5.41, 5.74) is 4.84. The Hall–Kier alpha value is -2.57. The van der Waals surface area contributed by atoms with Crippen molar-refractivity contribution in [2.24, 2.45) is 23.2 Å². The first-order valence-electron chi connectivity index (χ1n) is 9.99. The van der Waals surface area contributed by atoms with Gasteiger partial charge in [0.15, 0.2) is 0 Å². The van der Waals surface area contributed by atoms with Crippen molar-refractivity contribution >= 4 is 17.7 Å². The van der Waals surface area contributed by atoms with Crippen LogP contribution in [0, 0.1) is 23.2 Å². The topological polar surface area (TPSA) is 96.5 Å². The molecular formula is C21H27N3O4. The maximum absolute atomic E-state index is 12.8. The molecule has 4 saturated carbocycles. The Balaban J connectivity index is 1.24. The summed E-state index contributed by atoms with van der Waals surface area (Å²) in [6.07, 6.45) is 6.68. The van der Waals surface area contributed by atoms with Gasteiger partial charge in [0.25, 0.3) is 11.8 Å². The standard InChI is InChI=1S/C21H27N3O4/c1-28-17-4-2-16(3-5-17)19(26)24-23-18(25)12-22-20(27)21-9-13-6-14(10-21)8-15(7-13)11-21/h2-5,13-15H,6-12H2,1H3,(H,22,27)(H,23,25)(H,24,26). The van der Waals surface area contributed by atoms with Crippen LogP contribution >= 0.6 is 0 Å². The summed E-state index contributed by atoms with van der Waals surface area (Å²) in [6.45, 7) is -0.135. The smallest absolute Gasteiger partial charge is 0.269 e. The average Bonchev–Trinajstić information content (AvgIpc) is 2.69. The Bertz CT molecular complexity index is 739. The molecule has 0 aromatic heterocycles. The summed E-state index contributed by atoms with van der Waals surface area (Å²) in [5.74, 6) is 1.80. The lowest BCUT2D eigenvalue weighted by atomic mass is 9.49. The molecule has 150 valence electrons. The number of methoxy groups -OCH3 is 1. The van der Waals surface area contributed by atoms with Gasteiger partial charge in [0.2, 0.25) is 5.91 Å². The Labute approximate surface area is 164 Å². The summed E-state index contributed by atoms with van der Waals surface area (Å²) in [6, 6.07) is 6.55. The van der Waals surface area contributed by atoms with Gasteiger partial charge in [-0.2, -0.15) is 0 Å². The van der Waals surface area contributed by atoms with E-state index in [-0.39, 0.29) is 17.9 Å². The predicted molar refractivity (Wildman–Crippen MR) is 102 cm³/mol. The molecule has 0 unspecified atom stereocenters. The molecule has 0 saturated heterocycles. The van der Waals surface area contributed by atoms with Crippen molar-refractivity contribution in [2.75, 3.05) is 13.7 Å². The second-order valence-corrected chi connectivity index (χ2v) is 8.61. The summed E-state index contributed by atoms with van der Waals surface area (Å²) >= 11 is 0. The van der Waals surface area contributed by atoms with Gasteiger partial charge in [0, 0.05) is 11.0 Å². The zero-order valence-electron chi connectivity index (χ0n) is 16.1.